The average molecular weight is 290 g/mol. The molecule has 116 valence electrons. The number of carbonyl (C=O) groups is 1. The van der Waals surface area contributed by atoms with E-state index in [-0.39, 0.29) is 5.91 Å². The van der Waals surface area contributed by atoms with Crippen LogP contribution in [-0.4, -0.2) is 35.5 Å². The lowest BCUT2D eigenvalue weighted by Crippen LogP contribution is -2.34. The highest BCUT2D eigenvalue weighted by molar-refractivity contribution is 5.93. The van der Waals surface area contributed by atoms with Crippen molar-refractivity contribution < 1.29 is 4.79 Å². The molecule has 0 saturated carbocycles. The summed E-state index contributed by atoms with van der Waals surface area (Å²) in [6.07, 6.45) is 6.61. The Morgan fingerprint density at radius 2 is 1.95 bits per heavy atom. The Balaban J connectivity index is 1.88. The molecule has 5 nitrogen and oxygen atoms in total. The lowest BCUT2D eigenvalue weighted by atomic mass is 10.00. The first-order chi connectivity index (χ1) is 10.1. The molecule has 1 aromatic rings. The summed E-state index contributed by atoms with van der Waals surface area (Å²) in [7, 11) is 0. The number of hydrogen-bond donors (Lipinski definition) is 1. The highest BCUT2D eigenvalue weighted by Crippen LogP contribution is 2.19. The number of hydrogen-bond acceptors (Lipinski definition) is 4. The van der Waals surface area contributed by atoms with Crippen LogP contribution >= 0.6 is 0 Å². The molecule has 1 aliphatic rings. The van der Waals surface area contributed by atoms with Crippen molar-refractivity contribution in [1.29, 1.82) is 0 Å². The Morgan fingerprint density at radius 3 is 2.52 bits per heavy atom. The molecule has 0 radical (unpaired) electrons. The minimum absolute atomic E-state index is 0.0885. The fourth-order valence-electron chi connectivity index (χ4n) is 2.39. The molecule has 0 aromatic carbocycles. The summed E-state index contributed by atoms with van der Waals surface area (Å²) in [6.45, 7) is 9.26. The van der Waals surface area contributed by atoms with Gasteiger partial charge in [0.25, 0.3) is 5.91 Å². The van der Waals surface area contributed by atoms with E-state index in [1.807, 2.05) is 0 Å². The normalized spacial score (nSPS) is 16.3. The number of nitrogens with one attached hydrogen (secondary N) is 1. The Morgan fingerprint density at radius 1 is 1.33 bits per heavy atom. The fourth-order valence-corrected chi connectivity index (χ4v) is 2.39. The summed E-state index contributed by atoms with van der Waals surface area (Å²) in [5.41, 5.74) is 0.535. The average Bonchev–Trinajstić information content (AvgIpc) is 2.48. The van der Waals surface area contributed by atoms with Crippen LogP contribution in [0.3, 0.4) is 0 Å². The Labute approximate surface area is 127 Å². The molecule has 2 rings (SSSR count). The summed E-state index contributed by atoms with van der Waals surface area (Å²) in [6, 6.07) is 0. The van der Waals surface area contributed by atoms with Crippen molar-refractivity contribution in [3.63, 3.8) is 0 Å². The molecule has 21 heavy (non-hydrogen) atoms. The van der Waals surface area contributed by atoms with E-state index in [1.54, 1.807) is 12.4 Å². The molecular weight excluding hydrogens is 264 g/mol. The van der Waals surface area contributed by atoms with Gasteiger partial charge < -0.3 is 10.2 Å². The third-order valence-corrected chi connectivity index (χ3v) is 3.97. The summed E-state index contributed by atoms with van der Waals surface area (Å²) in [5.74, 6) is 2.02. The van der Waals surface area contributed by atoms with Gasteiger partial charge in [-0.05, 0) is 31.1 Å². The van der Waals surface area contributed by atoms with Crippen molar-refractivity contribution in [3.8, 4) is 0 Å². The molecule has 1 N–H and O–H groups in total. The van der Waals surface area contributed by atoms with E-state index < -0.39 is 0 Å². The highest BCUT2D eigenvalue weighted by atomic mass is 16.1. The number of rotatable bonds is 5. The first-order valence-electron chi connectivity index (χ1n) is 7.91. The maximum absolute atomic E-state index is 12.0. The van der Waals surface area contributed by atoms with Gasteiger partial charge in [0, 0.05) is 32.0 Å². The smallest absolute Gasteiger partial charge is 0.254 e. The van der Waals surface area contributed by atoms with Crippen LogP contribution < -0.4 is 10.2 Å². The van der Waals surface area contributed by atoms with Crippen molar-refractivity contribution in [2.24, 2.45) is 11.8 Å². The van der Waals surface area contributed by atoms with E-state index in [1.165, 1.54) is 12.8 Å². The summed E-state index contributed by atoms with van der Waals surface area (Å²) in [4.78, 5) is 22.8. The number of amides is 1. The van der Waals surface area contributed by atoms with Gasteiger partial charge in [-0.3, -0.25) is 4.79 Å². The van der Waals surface area contributed by atoms with Gasteiger partial charge in [-0.25, -0.2) is 9.97 Å². The molecule has 1 amide bonds. The predicted molar refractivity (Wildman–Crippen MR) is 84.4 cm³/mol. The molecular formula is C16H26N4O. The number of nitrogens with zero attached hydrogens (tertiary/aromatic N) is 3. The number of anilines is 1. The summed E-state index contributed by atoms with van der Waals surface area (Å²) in [5, 5.41) is 2.90. The Bertz CT molecular complexity index is 450. The van der Waals surface area contributed by atoms with E-state index in [9.17, 15) is 4.79 Å². The van der Waals surface area contributed by atoms with Crippen LogP contribution in [0.15, 0.2) is 12.4 Å². The van der Waals surface area contributed by atoms with Crippen molar-refractivity contribution >= 4 is 11.9 Å². The lowest BCUT2D eigenvalue weighted by molar-refractivity contribution is 0.0951. The second-order valence-corrected chi connectivity index (χ2v) is 6.38. The van der Waals surface area contributed by atoms with E-state index >= 15 is 0 Å². The fraction of sp³-hybridized carbons (Fsp3) is 0.688. The molecule has 1 aliphatic heterocycles. The van der Waals surface area contributed by atoms with Gasteiger partial charge in [-0.2, -0.15) is 0 Å². The second kappa shape index (κ2) is 7.38. The molecule has 0 atom stereocenters. The molecule has 0 spiro atoms. The van der Waals surface area contributed by atoms with Gasteiger partial charge in [-0.15, -0.1) is 0 Å². The molecule has 0 bridgehead atoms. The maximum atomic E-state index is 12.0. The number of aromatic nitrogens is 2. The van der Waals surface area contributed by atoms with Crippen molar-refractivity contribution in [2.45, 2.75) is 40.0 Å². The molecule has 0 aliphatic carbocycles. The zero-order valence-corrected chi connectivity index (χ0v) is 13.3. The quantitative estimate of drug-likeness (QED) is 0.905. The van der Waals surface area contributed by atoms with Crippen LogP contribution in [0.25, 0.3) is 0 Å². The zero-order chi connectivity index (χ0) is 15.2. The monoisotopic (exact) mass is 290 g/mol. The SMILES string of the molecule is CC(C)CCNC(=O)c1cnc(N2CCC(C)CC2)nc1. The van der Waals surface area contributed by atoms with E-state index in [2.05, 4.69) is 41.0 Å². The van der Waals surface area contributed by atoms with Gasteiger partial charge in [-0.1, -0.05) is 20.8 Å². The lowest BCUT2D eigenvalue weighted by Gasteiger charge is -2.30. The molecule has 5 heteroatoms. The van der Waals surface area contributed by atoms with E-state index in [4.69, 9.17) is 0 Å². The van der Waals surface area contributed by atoms with Gasteiger partial charge in [0.15, 0.2) is 0 Å². The molecule has 1 aromatic heterocycles. The first-order valence-corrected chi connectivity index (χ1v) is 7.91. The number of piperidine rings is 1. The van der Waals surface area contributed by atoms with Crippen LogP contribution in [0.5, 0.6) is 0 Å². The summed E-state index contributed by atoms with van der Waals surface area (Å²) < 4.78 is 0. The molecule has 1 saturated heterocycles. The van der Waals surface area contributed by atoms with Crippen LogP contribution in [0.4, 0.5) is 5.95 Å². The van der Waals surface area contributed by atoms with Gasteiger partial charge in [0.2, 0.25) is 5.95 Å². The van der Waals surface area contributed by atoms with E-state index in [0.29, 0.717) is 18.0 Å². The van der Waals surface area contributed by atoms with Crippen molar-refractivity contribution in [3.05, 3.63) is 18.0 Å². The predicted octanol–water partition coefficient (Wildman–Crippen LogP) is 2.49. The van der Waals surface area contributed by atoms with Crippen LogP contribution in [0.1, 0.15) is 50.4 Å². The largest absolute Gasteiger partial charge is 0.352 e. The Hall–Kier alpha value is -1.65. The van der Waals surface area contributed by atoms with Crippen molar-refractivity contribution in [2.75, 3.05) is 24.5 Å². The van der Waals surface area contributed by atoms with Crippen molar-refractivity contribution in [1.82, 2.24) is 15.3 Å². The molecule has 0 unspecified atom stereocenters. The third-order valence-electron chi connectivity index (χ3n) is 3.97. The number of carbonyl (C=O) groups excluding carboxylic acids is 1. The van der Waals surface area contributed by atoms with Crippen LogP contribution in [0.2, 0.25) is 0 Å². The maximum Gasteiger partial charge on any atom is 0.254 e. The molecule has 2 heterocycles. The summed E-state index contributed by atoms with van der Waals surface area (Å²) >= 11 is 0. The second-order valence-electron chi connectivity index (χ2n) is 6.38. The van der Waals surface area contributed by atoms with Crippen LogP contribution in [0, 0.1) is 11.8 Å². The standard InChI is InChI=1S/C16H26N4O/c1-12(2)4-7-17-15(21)14-10-18-16(19-11-14)20-8-5-13(3)6-9-20/h10-13H,4-9H2,1-3H3,(H,17,21). The first kappa shape index (κ1) is 15.7. The van der Waals surface area contributed by atoms with Gasteiger partial charge in [0.05, 0.1) is 5.56 Å². The van der Waals surface area contributed by atoms with Gasteiger partial charge >= 0.3 is 0 Å². The highest BCUT2D eigenvalue weighted by Gasteiger charge is 2.18. The minimum atomic E-state index is -0.0885. The van der Waals surface area contributed by atoms with E-state index in [0.717, 1.165) is 31.4 Å². The van der Waals surface area contributed by atoms with Gasteiger partial charge in [0.1, 0.15) is 0 Å². The topological polar surface area (TPSA) is 58.1 Å². The zero-order valence-electron chi connectivity index (χ0n) is 13.3. The molecule has 1 fully saturated rings. The third kappa shape index (κ3) is 4.69. The minimum Gasteiger partial charge on any atom is -0.352 e. The van der Waals surface area contributed by atoms with Crippen LogP contribution in [-0.2, 0) is 0 Å². The Kier molecular flexibility index (Phi) is 5.53.